The SMILES string of the molecule is Cc1ccc(CC(O)c2cccc(C(F)(F)F)c2)cc1. The Balaban J connectivity index is 2.17. The maximum absolute atomic E-state index is 12.6. The van der Waals surface area contributed by atoms with Crippen molar-refractivity contribution in [3.05, 3.63) is 70.8 Å². The fourth-order valence-electron chi connectivity index (χ4n) is 1.99. The van der Waals surface area contributed by atoms with E-state index in [0.717, 1.165) is 23.3 Å². The van der Waals surface area contributed by atoms with Gasteiger partial charge in [0.15, 0.2) is 0 Å². The number of hydrogen-bond donors (Lipinski definition) is 1. The van der Waals surface area contributed by atoms with Crippen LogP contribution in [0.3, 0.4) is 0 Å². The zero-order chi connectivity index (χ0) is 14.8. The summed E-state index contributed by atoms with van der Waals surface area (Å²) in [5.41, 5.74) is 1.53. The van der Waals surface area contributed by atoms with Gasteiger partial charge in [0.05, 0.1) is 11.7 Å². The standard InChI is InChI=1S/C16H15F3O/c1-11-5-7-12(8-6-11)9-15(20)13-3-2-4-14(10-13)16(17,18)19/h2-8,10,15,20H,9H2,1H3. The van der Waals surface area contributed by atoms with Gasteiger partial charge in [-0.3, -0.25) is 0 Å². The minimum absolute atomic E-state index is 0.278. The molecule has 0 bridgehead atoms. The van der Waals surface area contributed by atoms with Crippen molar-refractivity contribution >= 4 is 0 Å². The summed E-state index contributed by atoms with van der Waals surface area (Å²) >= 11 is 0. The average Bonchev–Trinajstić information content (AvgIpc) is 2.40. The van der Waals surface area contributed by atoms with Crippen LogP contribution in [0, 0.1) is 6.92 Å². The van der Waals surface area contributed by atoms with E-state index in [4.69, 9.17) is 0 Å². The molecule has 0 aliphatic rings. The number of aryl methyl sites for hydroxylation is 1. The summed E-state index contributed by atoms with van der Waals surface area (Å²) in [4.78, 5) is 0. The smallest absolute Gasteiger partial charge is 0.388 e. The van der Waals surface area contributed by atoms with Crippen LogP contribution in [0.5, 0.6) is 0 Å². The quantitative estimate of drug-likeness (QED) is 0.889. The number of rotatable bonds is 3. The first-order valence-electron chi connectivity index (χ1n) is 6.27. The molecule has 1 N–H and O–H groups in total. The fraction of sp³-hybridized carbons (Fsp3) is 0.250. The number of alkyl halides is 3. The van der Waals surface area contributed by atoms with Crippen molar-refractivity contribution < 1.29 is 18.3 Å². The largest absolute Gasteiger partial charge is 0.416 e. The van der Waals surface area contributed by atoms with Crippen molar-refractivity contribution in [2.24, 2.45) is 0 Å². The lowest BCUT2D eigenvalue weighted by atomic mass is 9.99. The zero-order valence-electron chi connectivity index (χ0n) is 11.0. The first-order valence-corrected chi connectivity index (χ1v) is 6.27. The highest BCUT2D eigenvalue weighted by atomic mass is 19.4. The number of aliphatic hydroxyl groups is 1. The second-order valence-corrected chi connectivity index (χ2v) is 4.83. The number of benzene rings is 2. The van der Waals surface area contributed by atoms with Crippen molar-refractivity contribution in [3.63, 3.8) is 0 Å². The highest BCUT2D eigenvalue weighted by molar-refractivity contribution is 5.29. The summed E-state index contributed by atoms with van der Waals surface area (Å²) in [5, 5.41) is 10.1. The number of aliphatic hydroxyl groups excluding tert-OH is 1. The van der Waals surface area contributed by atoms with Gasteiger partial charge in [-0.25, -0.2) is 0 Å². The molecular weight excluding hydrogens is 265 g/mol. The van der Waals surface area contributed by atoms with Crippen molar-refractivity contribution in [1.82, 2.24) is 0 Å². The Hall–Kier alpha value is -1.81. The molecule has 106 valence electrons. The van der Waals surface area contributed by atoms with Crippen LogP contribution in [-0.2, 0) is 12.6 Å². The zero-order valence-corrected chi connectivity index (χ0v) is 11.0. The van der Waals surface area contributed by atoms with Crippen LogP contribution in [-0.4, -0.2) is 5.11 Å². The molecule has 2 aromatic rings. The lowest BCUT2D eigenvalue weighted by Gasteiger charge is -2.14. The van der Waals surface area contributed by atoms with E-state index in [9.17, 15) is 18.3 Å². The Morgan fingerprint density at radius 2 is 1.70 bits per heavy atom. The van der Waals surface area contributed by atoms with E-state index in [1.54, 1.807) is 0 Å². The summed E-state index contributed by atoms with van der Waals surface area (Å²) < 4.78 is 37.9. The summed E-state index contributed by atoms with van der Waals surface area (Å²) in [6.45, 7) is 1.95. The third kappa shape index (κ3) is 3.61. The van der Waals surface area contributed by atoms with E-state index >= 15 is 0 Å². The highest BCUT2D eigenvalue weighted by Crippen LogP contribution is 2.31. The van der Waals surface area contributed by atoms with Gasteiger partial charge in [-0.1, -0.05) is 42.0 Å². The average molecular weight is 280 g/mol. The molecule has 1 nitrogen and oxygen atoms in total. The van der Waals surface area contributed by atoms with Gasteiger partial charge in [0.1, 0.15) is 0 Å². The Labute approximate surface area is 115 Å². The lowest BCUT2D eigenvalue weighted by molar-refractivity contribution is -0.137. The molecule has 2 rings (SSSR count). The van der Waals surface area contributed by atoms with Gasteiger partial charge in [-0.05, 0) is 30.2 Å². The Bertz CT molecular complexity index is 573. The summed E-state index contributed by atoms with van der Waals surface area (Å²) in [6, 6.07) is 12.4. The lowest BCUT2D eigenvalue weighted by Crippen LogP contribution is -2.08. The van der Waals surface area contributed by atoms with Gasteiger partial charge in [-0.15, -0.1) is 0 Å². The molecule has 0 aromatic heterocycles. The van der Waals surface area contributed by atoms with Crippen LogP contribution in [0.15, 0.2) is 48.5 Å². The molecule has 0 spiro atoms. The maximum atomic E-state index is 12.6. The molecule has 0 aliphatic carbocycles. The van der Waals surface area contributed by atoms with Gasteiger partial charge in [-0.2, -0.15) is 13.2 Å². The molecule has 0 amide bonds. The fourth-order valence-corrected chi connectivity index (χ4v) is 1.99. The minimum atomic E-state index is -4.39. The molecular formula is C16H15F3O. The molecule has 0 saturated heterocycles. The molecule has 1 atom stereocenters. The number of hydrogen-bond acceptors (Lipinski definition) is 1. The van der Waals surface area contributed by atoms with E-state index < -0.39 is 17.8 Å². The molecule has 4 heteroatoms. The van der Waals surface area contributed by atoms with Gasteiger partial charge in [0.25, 0.3) is 0 Å². The molecule has 0 radical (unpaired) electrons. The summed E-state index contributed by atoms with van der Waals surface area (Å²) in [6.07, 6.45) is -5.04. The highest BCUT2D eigenvalue weighted by Gasteiger charge is 2.30. The first-order chi connectivity index (χ1) is 9.36. The van der Waals surface area contributed by atoms with Crippen molar-refractivity contribution in [2.75, 3.05) is 0 Å². The van der Waals surface area contributed by atoms with Gasteiger partial charge < -0.3 is 5.11 Å². The molecule has 2 aromatic carbocycles. The Morgan fingerprint density at radius 1 is 1.05 bits per heavy atom. The third-order valence-corrected chi connectivity index (χ3v) is 3.15. The normalized spacial score (nSPS) is 13.2. The maximum Gasteiger partial charge on any atom is 0.416 e. The Kier molecular flexibility index (Phi) is 4.14. The molecule has 0 heterocycles. The molecule has 0 fully saturated rings. The second kappa shape index (κ2) is 5.67. The van der Waals surface area contributed by atoms with Gasteiger partial charge >= 0.3 is 6.18 Å². The molecule has 1 unspecified atom stereocenters. The van der Waals surface area contributed by atoms with Crippen LogP contribution < -0.4 is 0 Å². The van der Waals surface area contributed by atoms with Crippen molar-refractivity contribution in [1.29, 1.82) is 0 Å². The summed E-state index contributed by atoms with van der Waals surface area (Å²) in [7, 11) is 0. The predicted octanol–water partition coefficient (Wildman–Crippen LogP) is 4.29. The van der Waals surface area contributed by atoms with Crippen LogP contribution in [0.25, 0.3) is 0 Å². The topological polar surface area (TPSA) is 20.2 Å². The molecule has 20 heavy (non-hydrogen) atoms. The summed E-state index contributed by atoms with van der Waals surface area (Å²) in [5.74, 6) is 0. The Morgan fingerprint density at radius 3 is 2.30 bits per heavy atom. The van der Waals surface area contributed by atoms with Crippen LogP contribution in [0.2, 0.25) is 0 Å². The van der Waals surface area contributed by atoms with Gasteiger partial charge in [0.2, 0.25) is 0 Å². The minimum Gasteiger partial charge on any atom is -0.388 e. The predicted molar refractivity (Wildman–Crippen MR) is 71.3 cm³/mol. The first kappa shape index (κ1) is 14.6. The number of halogens is 3. The monoisotopic (exact) mass is 280 g/mol. The van der Waals surface area contributed by atoms with Crippen molar-refractivity contribution in [3.8, 4) is 0 Å². The third-order valence-electron chi connectivity index (χ3n) is 3.15. The van der Waals surface area contributed by atoms with Crippen LogP contribution >= 0.6 is 0 Å². The van der Waals surface area contributed by atoms with Gasteiger partial charge in [0, 0.05) is 6.42 Å². The van der Waals surface area contributed by atoms with Crippen LogP contribution in [0.4, 0.5) is 13.2 Å². The van der Waals surface area contributed by atoms with E-state index in [1.165, 1.54) is 12.1 Å². The van der Waals surface area contributed by atoms with Crippen LogP contribution in [0.1, 0.15) is 28.4 Å². The molecule has 0 aliphatic heterocycles. The van der Waals surface area contributed by atoms with E-state index in [0.29, 0.717) is 6.42 Å². The van der Waals surface area contributed by atoms with Crippen molar-refractivity contribution in [2.45, 2.75) is 25.6 Å². The van der Waals surface area contributed by atoms with E-state index in [2.05, 4.69) is 0 Å². The second-order valence-electron chi connectivity index (χ2n) is 4.83. The van der Waals surface area contributed by atoms with E-state index in [-0.39, 0.29) is 5.56 Å². The molecule has 0 saturated carbocycles. The van der Waals surface area contributed by atoms with E-state index in [1.807, 2.05) is 31.2 Å².